The first-order valence-corrected chi connectivity index (χ1v) is 6.98. The summed E-state index contributed by atoms with van der Waals surface area (Å²) in [7, 11) is 0. The highest BCUT2D eigenvalue weighted by Gasteiger charge is 2.15. The smallest absolute Gasteiger partial charge is 0.199 e. The van der Waals surface area contributed by atoms with Crippen LogP contribution in [-0.2, 0) is 5.11 Å². The molecule has 0 atom stereocenters. The standard InChI is InChI=1S/C14H6Cl2FOS/c15-12-10(18)5-7-6-11(19-14(7)13(12)16)8-3-1-2-4-9(8)17/h1-6H. The summed E-state index contributed by atoms with van der Waals surface area (Å²) in [6.07, 6.45) is 0. The fourth-order valence-corrected chi connectivity index (χ4v) is 3.52. The number of rotatable bonds is 1. The Morgan fingerprint density at radius 3 is 2.53 bits per heavy atom. The van der Waals surface area contributed by atoms with Crippen LogP contribution in [0.4, 0.5) is 4.39 Å². The Bertz CT molecular complexity index is 782. The van der Waals surface area contributed by atoms with Gasteiger partial charge in [0.2, 0.25) is 0 Å². The summed E-state index contributed by atoms with van der Waals surface area (Å²) in [6.45, 7) is 0. The third-order valence-electron chi connectivity index (χ3n) is 2.80. The minimum Gasteiger partial charge on any atom is -0.288 e. The second-order valence-corrected chi connectivity index (χ2v) is 5.82. The maximum absolute atomic E-state index is 13.7. The van der Waals surface area contributed by atoms with Gasteiger partial charge in [-0.15, -0.1) is 11.3 Å². The first-order chi connectivity index (χ1) is 9.08. The second kappa shape index (κ2) is 4.67. The highest BCUT2D eigenvalue weighted by molar-refractivity contribution is 7.23. The Morgan fingerprint density at radius 2 is 1.79 bits per heavy atom. The van der Waals surface area contributed by atoms with E-state index in [0.717, 1.165) is 4.88 Å². The zero-order chi connectivity index (χ0) is 13.6. The normalized spacial score (nSPS) is 11.1. The third-order valence-corrected chi connectivity index (χ3v) is 4.96. The lowest BCUT2D eigenvalue weighted by Crippen LogP contribution is -1.78. The van der Waals surface area contributed by atoms with Gasteiger partial charge in [0.25, 0.3) is 0 Å². The van der Waals surface area contributed by atoms with E-state index in [0.29, 0.717) is 15.6 Å². The van der Waals surface area contributed by atoms with Crippen LogP contribution in [0.15, 0.2) is 36.4 Å². The molecule has 0 saturated heterocycles. The lowest BCUT2D eigenvalue weighted by atomic mass is 10.1. The van der Waals surface area contributed by atoms with Gasteiger partial charge < -0.3 is 0 Å². The molecule has 0 N–H and O–H groups in total. The van der Waals surface area contributed by atoms with Crippen molar-refractivity contribution in [3.8, 4) is 16.2 Å². The zero-order valence-electron chi connectivity index (χ0n) is 9.41. The maximum Gasteiger partial charge on any atom is 0.199 e. The molecule has 0 unspecified atom stereocenters. The second-order valence-electron chi connectivity index (χ2n) is 4.01. The minimum absolute atomic E-state index is 0.0103. The summed E-state index contributed by atoms with van der Waals surface area (Å²) in [6, 6.07) is 9.65. The van der Waals surface area contributed by atoms with Crippen molar-refractivity contribution in [2.75, 3.05) is 0 Å². The topological polar surface area (TPSA) is 19.9 Å². The molecule has 95 valence electrons. The van der Waals surface area contributed by atoms with Crippen molar-refractivity contribution >= 4 is 44.6 Å². The molecule has 1 nitrogen and oxygen atoms in total. The van der Waals surface area contributed by atoms with Gasteiger partial charge >= 0.3 is 0 Å². The first-order valence-electron chi connectivity index (χ1n) is 5.41. The van der Waals surface area contributed by atoms with Gasteiger partial charge in [0.1, 0.15) is 10.8 Å². The Labute approximate surface area is 122 Å². The van der Waals surface area contributed by atoms with Crippen molar-refractivity contribution in [3.63, 3.8) is 0 Å². The van der Waals surface area contributed by atoms with E-state index in [-0.39, 0.29) is 21.6 Å². The van der Waals surface area contributed by atoms with Crippen LogP contribution < -0.4 is 0 Å². The monoisotopic (exact) mass is 311 g/mol. The number of benzene rings is 2. The fraction of sp³-hybridized carbons (Fsp3) is 0. The molecule has 0 bridgehead atoms. The van der Waals surface area contributed by atoms with Crippen molar-refractivity contribution in [3.05, 3.63) is 52.3 Å². The molecule has 1 heterocycles. The maximum atomic E-state index is 13.7. The number of halogens is 3. The van der Waals surface area contributed by atoms with E-state index in [4.69, 9.17) is 23.2 Å². The molecule has 0 saturated carbocycles. The van der Waals surface area contributed by atoms with Crippen LogP contribution in [0.1, 0.15) is 0 Å². The van der Waals surface area contributed by atoms with Crippen LogP contribution in [0, 0.1) is 5.82 Å². The minimum atomic E-state index is -0.322. The lowest BCUT2D eigenvalue weighted by molar-refractivity contribution is 0.356. The molecule has 0 aliphatic rings. The molecule has 0 spiro atoms. The zero-order valence-corrected chi connectivity index (χ0v) is 11.7. The van der Waals surface area contributed by atoms with Crippen LogP contribution in [0.3, 0.4) is 0 Å². The van der Waals surface area contributed by atoms with Crippen molar-refractivity contribution in [2.24, 2.45) is 0 Å². The SMILES string of the molecule is [O]c1cc2cc(-c3ccccc3F)sc2c(Cl)c1Cl. The summed E-state index contributed by atoms with van der Waals surface area (Å²) < 4.78 is 14.4. The van der Waals surface area contributed by atoms with E-state index < -0.39 is 0 Å². The van der Waals surface area contributed by atoms with Crippen LogP contribution >= 0.6 is 34.5 Å². The largest absolute Gasteiger partial charge is 0.288 e. The van der Waals surface area contributed by atoms with Crippen LogP contribution in [-0.4, -0.2) is 0 Å². The van der Waals surface area contributed by atoms with Crippen molar-refractivity contribution in [2.45, 2.75) is 0 Å². The third kappa shape index (κ3) is 2.08. The molecule has 5 heteroatoms. The molecule has 19 heavy (non-hydrogen) atoms. The van der Waals surface area contributed by atoms with Gasteiger partial charge in [-0.2, -0.15) is 0 Å². The summed E-state index contributed by atoms with van der Waals surface area (Å²) in [5, 5.41) is 12.5. The summed E-state index contributed by atoms with van der Waals surface area (Å²) in [5.74, 6) is -0.629. The van der Waals surface area contributed by atoms with E-state index in [1.54, 1.807) is 24.3 Å². The predicted octanol–water partition coefficient (Wildman–Crippen LogP) is 6.16. The molecule has 0 fully saturated rings. The average molecular weight is 312 g/mol. The van der Waals surface area contributed by atoms with Crippen molar-refractivity contribution < 1.29 is 9.50 Å². The average Bonchev–Trinajstić information content (AvgIpc) is 2.80. The van der Waals surface area contributed by atoms with E-state index in [1.807, 2.05) is 0 Å². The molecule has 1 aromatic heterocycles. The molecule has 2 aromatic carbocycles. The lowest BCUT2D eigenvalue weighted by Gasteiger charge is -1.98. The van der Waals surface area contributed by atoms with Crippen molar-refractivity contribution in [1.82, 2.24) is 0 Å². The van der Waals surface area contributed by atoms with Crippen LogP contribution in [0.5, 0.6) is 5.75 Å². The molecule has 0 aliphatic carbocycles. The van der Waals surface area contributed by atoms with Gasteiger partial charge in [-0.25, -0.2) is 4.39 Å². The van der Waals surface area contributed by atoms with Gasteiger partial charge in [0, 0.05) is 10.4 Å². The molecular formula is C14H6Cl2FOS. The molecular weight excluding hydrogens is 306 g/mol. The fourth-order valence-electron chi connectivity index (χ4n) is 1.89. The van der Waals surface area contributed by atoms with Gasteiger partial charge in [0.15, 0.2) is 5.75 Å². The van der Waals surface area contributed by atoms with E-state index >= 15 is 0 Å². The highest BCUT2D eigenvalue weighted by Crippen LogP contribution is 2.44. The number of fused-ring (bicyclic) bond motifs is 1. The Morgan fingerprint density at radius 1 is 1.05 bits per heavy atom. The Kier molecular flexibility index (Phi) is 3.13. The summed E-state index contributed by atoms with van der Waals surface area (Å²) in [5.41, 5.74) is 0.489. The highest BCUT2D eigenvalue weighted by atomic mass is 35.5. The molecule has 3 aromatic rings. The van der Waals surface area contributed by atoms with Gasteiger partial charge in [-0.05, 0) is 23.6 Å². The quantitative estimate of drug-likeness (QED) is 0.513. The molecule has 0 aliphatic heterocycles. The molecule has 0 amide bonds. The van der Waals surface area contributed by atoms with E-state index in [1.165, 1.54) is 23.5 Å². The van der Waals surface area contributed by atoms with Crippen LogP contribution in [0.2, 0.25) is 10.0 Å². The summed E-state index contributed by atoms with van der Waals surface area (Å²) >= 11 is 13.2. The van der Waals surface area contributed by atoms with Crippen LogP contribution in [0.25, 0.3) is 20.5 Å². The Balaban J connectivity index is 2.29. The first kappa shape index (κ1) is 12.7. The van der Waals surface area contributed by atoms with Crippen molar-refractivity contribution in [1.29, 1.82) is 0 Å². The number of hydrogen-bond donors (Lipinski definition) is 0. The molecule has 3 rings (SSSR count). The Hall–Kier alpha value is -1.29. The van der Waals surface area contributed by atoms with Gasteiger partial charge in [-0.1, -0.05) is 41.4 Å². The predicted molar refractivity (Wildman–Crippen MR) is 77.4 cm³/mol. The van der Waals surface area contributed by atoms with E-state index in [9.17, 15) is 9.50 Å². The van der Waals surface area contributed by atoms with E-state index in [2.05, 4.69) is 0 Å². The van der Waals surface area contributed by atoms with Gasteiger partial charge in [-0.3, -0.25) is 5.11 Å². The molecule has 1 radical (unpaired) electrons. The van der Waals surface area contributed by atoms with Gasteiger partial charge in [0.05, 0.1) is 9.72 Å². The number of hydrogen-bond acceptors (Lipinski definition) is 1. The summed E-state index contributed by atoms with van der Waals surface area (Å²) in [4.78, 5) is 0.719. The number of thiophene rings is 1.